The Morgan fingerprint density at radius 2 is 1.93 bits per heavy atom. The van der Waals surface area contributed by atoms with Crippen molar-refractivity contribution in [2.45, 2.75) is 51.3 Å². The van der Waals surface area contributed by atoms with Crippen molar-refractivity contribution < 1.29 is 14.3 Å². The van der Waals surface area contributed by atoms with Crippen LogP contribution in [0.5, 0.6) is 0 Å². The van der Waals surface area contributed by atoms with Crippen molar-refractivity contribution in [3.05, 3.63) is 40.3 Å². The first-order valence-electron chi connectivity index (χ1n) is 9.31. The fourth-order valence-corrected chi connectivity index (χ4v) is 4.09. The molecule has 0 radical (unpaired) electrons. The van der Waals surface area contributed by atoms with E-state index in [1.807, 2.05) is 45.0 Å². The summed E-state index contributed by atoms with van der Waals surface area (Å²) in [6.45, 7) is 5.55. The van der Waals surface area contributed by atoms with Crippen LogP contribution in [0.25, 0.3) is 11.3 Å². The van der Waals surface area contributed by atoms with Crippen molar-refractivity contribution in [1.82, 2.24) is 14.9 Å². The van der Waals surface area contributed by atoms with Crippen molar-refractivity contribution in [2.24, 2.45) is 11.7 Å². The number of fused-ring (bicyclic) bond motifs is 1. The van der Waals surface area contributed by atoms with Crippen molar-refractivity contribution >= 4 is 27.9 Å². The second-order valence-electron chi connectivity index (χ2n) is 8.42. The van der Waals surface area contributed by atoms with E-state index in [9.17, 15) is 9.59 Å². The zero-order chi connectivity index (χ0) is 20.2. The average Bonchev–Trinajstić information content (AvgIpc) is 3.04. The smallest absolute Gasteiger partial charge is 0.411 e. The maximum atomic E-state index is 12.8. The second kappa shape index (κ2) is 6.62. The SMILES string of the molecule is CC(C)(C)OC(=O)N1[C@@H]2C[C@@H]2C[C@H]1c1nc(-c2ccc(Br)cc2)c(C(N)=O)[nH]1. The summed E-state index contributed by atoms with van der Waals surface area (Å²) in [5, 5.41) is 0. The lowest BCUT2D eigenvalue weighted by molar-refractivity contribution is 0.0175. The minimum atomic E-state index is -0.580. The molecule has 148 valence electrons. The van der Waals surface area contributed by atoms with Crippen molar-refractivity contribution in [1.29, 1.82) is 0 Å². The number of rotatable bonds is 3. The minimum Gasteiger partial charge on any atom is -0.444 e. The number of hydrogen-bond donors (Lipinski definition) is 2. The summed E-state index contributed by atoms with van der Waals surface area (Å²) in [7, 11) is 0. The van der Waals surface area contributed by atoms with Crippen LogP contribution < -0.4 is 5.73 Å². The van der Waals surface area contributed by atoms with Gasteiger partial charge in [0.25, 0.3) is 5.91 Å². The Labute approximate surface area is 171 Å². The van der Waals surface area contributed by atoms with E-state index < -0.39 is 11.5 Å². The monoisotopic (exact) mass is 446 g/mol. The lowest BCUT2D eigenvalue weighted by Gasteiger charge is -2.29. The fraction of sp³-hybridized carbons (Fsp3) is 0.450. The molecule has 0 bridgehead atoms. The number of halogens is 1. The number of piperidine rings is 1. The first-order chi connectivity index (χ1) is 13.1. The molecule has 3 N–H and O–H groups in total. The molecule has 1 saturated heterocycles. The number of imidazole rings is 1. The molecule has 1 aliphatic heterocycles. The van der Waals surface area contributed by atoms with E-state index in [4.69, 9.17) is 10.5 Å². The van der Waals surface area contributed by atoms with Gasteiger partial charge in [-0.05, 0) is 51.7 Å². The van der Waals surface area contributed by atoms with Gasteiger partial charge in [0.2, 0.25) is 0 Å². The largest absolute Gasteiger partial charge is 0.444 e. The van der Waals surface area contributed by atoms with E-state index in [0.29, 0.717) is 17.4 Å². The van der Waals surface area contributed by atoms with Gasteiger partial charge < -0.3 is 15.5 Å². The second-order valence-corrected chi connectivity index (χ2v) is 9.33. The number of carbonyl (C=O) groups excluding carboxylic acids is 2. The normalized spacial score (nSPS) is 23.4. The molecule has 1 aromatic heterocycles. The predicted molar refractivity (Wildman–Crippen MR) is 108 cm³/mol. The van der Waals surface area contributed by atoms with Gasteiger partial charge in [-0.25, -0.2) is 9.78 Å². The third-order valence-corrected chi connectivity index (χ3v) is 5.64. The number of amides is 2. The first-order valence-corrected chi connectivity index (χ1v) is 10.1. The molecule has 3 atom stereocenters. The Bertz CT molecular complexity index is 932. The molecule has 7 nitrogen and oxygen atoms in total. The van der Waals surface area contributed by atoms with E-state index in [1.54, 1.807) is 4.90 Å². The van der Waals surface area contributed by atoms with Crippen molar-refractivity contribution in [3.8, 4) is 11.3 Å². The summed E-state index contributed by atoms with van der Waals surface area (Å²) in [5.74, 6) is 0.448. The van der Waals surface area contributed by atoms with Gasteiger partial charge in [0.15, 0.2) is 0 Å². The summed E-state index contributed by atoms with van der Waals surface area (Å²) in [4.78, 5) is 34.3. The molecule has 0 unspecified atom stereocenters. The number of hydrogen-bond acceptors (Lipinski definition) is 4. The molecule has 4 rings (SSSR count). The highest BCUT2D eigenvalue weighted by Crippen LogP contribution is 2.53. The van der Waals surface area contributed by atoms with E-state index in [-0.39, 0.29) is 23.9 Å². The molecular weight excluding hydrogens is 424 g/mol. The molecule has 1 saturated carbocycles. The number of nitrogens with zero attached hydrogens (tertiary/aromatic N) is 2. The van der Waals surface area contributed by atoms with Gasteiger partial charge in [-0.2, -0.15) is 0 Å². The zero-order valence-corrected chi connectivity index (χ0v) is 17.6. The number of H-pyrrole nitrogens is 1. The topological polar surface area (TPSA) is 101 Å². The van der Waals surface area contributed by atoms with Crippen LogP contribution in [0.2, 0.25) is 0 Å². The Balaban J connectivity index is 1.69. The number of nitrogens with one attached hydrogen (secondary N) is 1. The van der Waals surface area contributed by atoms with Crippen LogP contribution in [0.15, 0.2) is 28.7 Å². The molecule has 2 fully saturated rings. The van der Waals surface area contributed by atoms with Gasteiger partial charge >= 0.3 is 6.09 Å². The standard InChI is InChI=1S/C20H23BrN4O3/c1-20(2,3)28-19(27)25-13-8-11(13)9-14(25)18-23-15(16(24-18)17(22)26)10-4-6-12(21)7-5-10/h4-7,11,13-14H,8-9H2,1-3H3,(H2,22,26)(H,23,24)/t11-,13-,14+/m1/s1. The van der Waals surface area contributed by atoms with Gasteiger partial charge in [0, 0.05) is 16.1 Å². The lowest BCUT2D eigenvalue weighted by atomic mass is 10.1. The molecule has 2 aliphatic rings. The quantitative estimate of drug-likeness (QED) is 0.743. The maximum absolute atomic E-state index is 12.8. The van der Waals surface area contributed by atoms with Gasteiger partial charge in [-0.15, -0.1) is 0 Å². The summed E-state index contributed by atoms with van der Waals surface area (Å²) in [6.07, 6.45) is 1.44. The van der Waals surface area contributed by atoms with Crippen LogP contribution in [0.1, 0.15) is 56.0 Å². The predicted octanol–water partition coefficient (Wildman–Crippen LogP) is 4.01. The summed E-state index contributed by atoms with van der Waals surface area (Å²) >= 11 is 3.41. The zero-order valence-electron chi connectivity index (χ0n) is 16.0. The Kier molecular flexibility index (Phi) is 4.49. The van der Waals surface area contributed by atoms with Gasteiger partial charge in [0.1, 0.15) is 22.8 Å². The summed E-state index contributed by atoms with van der Waals surface area (Å²) in [5.41, 5.74) is 6.55. The lowest BCUT2D eigenvalue weighted by Crippen LogP contribution is -2.38. The van der Waals surface area contributed by atoms with Crippen molar-refractivity contribution in [3.63, 3.8) is 0 Å². The molecule has 1 aliphatic carbocycles. The van der Waals surface area contributed by atoms with Crippen LogP contribution in [-0.2, 0) is 4.74 Å². The number of benzene rings is 1. The number of aromatic amines is 1. The molecule has 28 heavy (non-hydrogen) atoms. The highest BCUT2D eigenvalue weighted by Gasteiger charge is 2.56. The van der Waals surface area contributed by atoms with Crippen LogP contribution in [-0.4, -0.2) is 38.5 Å². The Hall–Kier alpha value is -2.35. The molecular formula is C20H23BrN4O3. The Morgan fingerprint density at radius 1 is 1.25 bits per heavy atom. The highest BCUT2D eigenvalue weighted by atomic mass is 79.9. The number of carbonyl (C=O) groups is 2. The van der Waals surface area contributed by atoms with Crippen molar-refractivity contribution in [2.75, 3.05) is 0 Å². The Morgan fingerprint density at radius 3 is 2.54 bits per heavy atom. The summed E-state index contributed by atoms with van der Waals surface area (Å²) < 4.78 is 6.53. The molecule has 1 aromatic carbocycles. The number of primary amides is 1. The van der Waals surface area contributed by atoms with E-state index >= 15 is 0 Å². The van der Waals surface area contributed by atoms with Gasteiger partial charge in [-0.3, -0.25) is 9.69 Å². The highest BCUT2D eigenvalue weighted by molar-refractivity contribution is 9.10. The van der Waals surface area contributed by atoms with Gasteiger partial charge in [-0.1, -0.05) is 28.1 Å². The maximum Gasteiger partial charge on any atom is 0.411 e. The van der Waals surface area contributed by atoms with Gasteiger partial charge in [0.05, 0.1) is 6.04 Å². The first kappa shape index (κ1) is 19.0. The third kappa shape index (κ3) is 3.53. The molecule has 2 aromatic rings. The molecule has 2 amide bonds. The number of likely N-dealkylation sites (tertiary alicyclic amines) is 1. The van der Waals surface area contributed by atoms with E-state index in [0.717, 1.165) is 22.9 Å². The third-order valence-electron chi connectivity index (χ3n) is 5.11. The van der Waals surface area contributed by atoms with Crippen LogP contribution in [0.4, 0.5) is 4.79 Å². The summed E-state index contributed by atoms with van der Waals surface area (Å²) in [6, 6.07) is 7.43. The van der Waals surface area contributed by atoms with Crippen LogP contribution >= 0.6 is 15.9 Å². The van der Waals surface area contributed by atoms with Crippen LogP contribution in [0.3, 0.4) is 0 Å². The molecule has 8 heteroatoms. The average molecular weight is 447 g/mol. The molecule has 2 heterocycles. The minimum absolute atomic E-state index is 0.179. The van der Waals surface area contributed by atoms with Crippen LogP contribution in [0, 0.1) is 5.92 Å². The van der Waals surface area contributed by atoms with E-state index in [1.165, 1.54) is 0 Å². The molecule has 0 spiro atoms. The number of ether oxygens (including phenoxy) is 1. The van der Waals surface area contributed by atoms with E-state index in [2.05, 4.69) is 25.9 Å². The number of nitrogens with two attached hydrogens (primary N) is 1. The number of aromatic nitrogens is 2. The fourth-order valence-electron chi connectivity index (χ4n) is 3.82.